The van der Waals surface area contributed by atoms with Gasteiger partial charge < -0.3 is 15.2 Å². The van der Waals surface area contributed by atoms with Crippen LogP contribution in [0.15, 0.2) is 12.4 Å². The highest BCUT2D eigenvalue weighted by atomic mass is 35.5. The molecule has 0 spiro atoms. The van der Waals surface area contributed by atoms with Crippen LogP contribution in [0.4, 0.5) is 5.69 Å². The van der Waals surface area contributed by atoms with Crippen LogP contribution in [-0.2, 0) is 4.74 Å². The fourth-order valence-corrected chi connectivity index (χ4v) is 2.59. The fourth-order valence-electron chi connectivity index (χ4n) is 2.40. The Labute approximate surface area is 115 Å². The van der Waals surface area contributed by atoms with Gasteiger partial charge in [0.15, 0.2) is 5.65 Å². The average Bonchev–Trinajstić information content (AvgIpc) is 3.03. The van der Waals surface area contributed by atoms with Crippen LogP contribution in [0.2, 0.25) is 5.15 Å². The minimum absolute atomic E-state index is 0.0408. The van der Waals surface area contributed by atoms with E-state index < -0.39 is 0 Å². The van der Waals surface area contributed by atoms with Crippen LogP contribution in [0.1, 0.15) is 19.1 Å². The number of aliphatic hydroxyl groups excluding tert-OH is 1. The molecule has 3 heterocycles. The third kappa shape index (κ3) is 2.16. The lowest BCUT2D eigenvalue weighted by atomic mass is 10.2. The van der Waals surface area contributed by atoms with Crippen LogP contribution in [0, 0.1) is 0 Å². The lowest BCUT2D eigenvalue weighted by Crippen LogP contribution is -2.14. The molecule has 6 nitrogen and oxygen atoms in total. The monoisotopic (exact) mass is 282 g/mol. The van der Waals surface area contributed by atoms with Crippen molar-refractivity contribution in [2.75, 3.05) is 19.0 Å². The number of nitrogens with one attached hydrogen (secondary N) is 1. The molecule has 0 aromatic carbocycles. The van der Waals surface area contributed by atoms with E-state index in [1.165, 1.54) is 0 Å². The van der Waals surface area contributed by atoms with Gasteiger partial charge in [-0.2, -0.15) is 0 Å². The summed E-state index contributed by atoms with van der Waals surface area (Å²) in [6, 6.07) is 1.74. The molecular weight excluding hydrogens is 268 g/mol. The van der Waals surface area contributed by atoms with Gasteiger partial charge >= 0.3 is 0 Å². The quantitative estimate of drug-likeness (QED) is 0.840. The standard InChI is InChI=1S/C12H15ClN4O2/c1-14-8-4-9(13)16-12-11(8)15-6-17(12)10-3-2-7(5-18)19-10/h4,6-7,10,18H,2-3,5H2,1H3,(H,14,16)/t7-,10+/m0/s1. The Hall–Kier alpha value is -1.37. The Morgan fingerprint density at radius 1 is 1.58 bits per heavy atom. The van der Waals surface area contributed by atoms with Gasteiger partial charge in [-0.15, -0.1) is 0 Å². The maximum Gasteiger partial charge on any atom is 0.165 e. The molecule has 2 aromatic rings. The van der Waals surface area contributed by atoms with Crippen LogP contribution in [0.3, 0.4) is 0 Å². The first-order chi connectivity index (χ1) is 9.22. The second-order valence-corrected chi connectivity index (χ2v) is 4.93. The molecule has 19 heavy (non-hydrogen) atoms. The van der Waals surface area contributed by atoms with E-state index in [4.69, 9.17) is 21.4 Å². The Bertz CT molecular complexity index is 601. The minimum atomic E-state index is -0.141. The van der Waals surface area contributed by atoms with Crippen molar-refractivity contribution in [2.45, 2.75) is 25.2 Å². The highest BCUT2D eigenvalue weighted by molar-refractivity contribution is 6.30. The number of aliphatic hydroxyl groups is 1. The van der Waals surface area contributed by atoms with Gasteiger partial charge in [0.25, 0.3) is 0 Å². The van der Waals surface area contributed by atoms with Gasteiger partial charge in [-0.3, -0.25) is 4.57 Å². The summed E-state index contributed by atoms with van der Waals surface area (Å²) in [5.74, 6) is 0. The summed E-state index contributed by atoms with van der Waals surface area (Å²) < 4.78 is 7.62. The van der Waals surface area contributed by atoms with E-state index >= 15 is 0 Å². The van der Waals surface area contributed by atoms with Crippen molar-refractivity contribution >= 4 is 28.5 Å². The first-order valence-corrected chi connectivity index (χ1v) is 6.58. The zero-order valence-corrected chi connectivity index (χ0v) is 11.3. The maximum atomic E-state index is 9.12. The van der Waals surface area contributed by atoms with Gasteiger partial charge in [-0.05, 0) is 12.8 Å². The molecule has 1 fully saturated rings. The first-order valence-electron chi connectivity index (χ1n) is 6.20. The van der Waals surface area contributed by atoms with E-state index in [1.807, 2.05) is 11.6 Å². The van der Waals surface area contributed by atoms with Gasteiger partial charge in [0.05, 0.1) is 24.7 Å². The van der Waals surface area contributed by atoms with Crippen LogP contribution >= 0.6 is 11.6 Å². The lowest BCUT2D eigenvalue weighted by Gasteiger charge is -2.14. The number of hydrogen-bond acceptors (Lipinski definition) is 5. The Kier molecular flexibility index (Phi) is 3.30. The van der Waals surface area contributed by atoms with E-state index in [1.54, 1.807) is 12.4 Å². The fraction of sp³-hybridized carbons (Fsp3) is 0.500. The van der Waals surface area contributed by atoms with Crippen molar-refractivity contribution in [3.05, 3.63) is 17.5 Å². The molecule has 0 unspecified atom stereocenters. The number of ether oxygens (including phenoxy) is 1. The largest absolute Gasteiger partial charge is 0.394 e. The normalized spacial score (nSPS) is 23.1. The van der Waals surface area contributed by atoms with E-state index in [2.05, 4.69) is 15.3 Å². The highest BCUT2D eigenvalue weighted by Crippen LogP contribution is 2.32. The van der Waals surface area contributed by atoms with Crippen molar-refractivity contribution < 1.29 is 9.84 Å². The molecule has 102 valence electrons. The summed E-state index contributed by atoms with van der Waals surface area (Å²) in [6.07, 6.45) is 3.13. The topological polar surface area (TPSA) is 72.2 Å². The molecule has 0 amide bonds. The summed E-state index contributed by atoms with van der Waals surface area (Å²) in [5.41, 5.74) is 2.30. The van der Waals surface area contributed by atoms with Crippen molar-refractivity contribution in [1.82, 2.24) is 14.5 Å². The Morgan fingerprint density at radius 2 is 2.42 bits per heavy atom. The molecule has 1 aliphatic heterocycles. The SMILES string of the molecule is CNc1cc(Cl)nc2c1ncn2[C@H]1CC[C@@H](CO)O1. The zero-order chi connectivity index (χ0) is 13.4. The number of anilines is 1. The molecule has 1 aliphatic rings. The van der Waals surface area contributed by atoms with E-state index in [0.29, 0.717) is 10.8 Å². The van der Waals surface area contributed by atoms with E-state index in [0.717, 1.165) is 24.0 Å². The van der Waals surface area contributed by atoms with Crippen molar-refractivity contribution in [3.63, 3.8) is 0 Å². The molecular formula is C12H15ClN4O2. The Balaban J connectivity index is 2.03. The third-order valence-electron chi connectivity index (χ3n) is 3.37. The van der Waals surface area contributed by atoms with Gasteiger partial charge in [0.2, 0.25) is 0 Å². The summed E-state index contributed by atoms with van der Waals surface area (Å²) in [6.45, 7) is 0.0408. The van der Waals surface area contributed by atoms with Crippen molar-refractivity contribution in [3.8, 4) is 0 Å². The molecule has 0 saturated carbocycles. The van der Waals surface area contributed by atoms with Gasteiger partial charge in [-0.25, -0.2) is 9.97 Å². The number of nitrogens with zero attached hydrogens (tertiary/aromatic N) is 3. The molecule has 2 N–H and O–H groups in total. The molecule has 3 rings (SSSR count). The number of halogens is 1. The molecule has 2 atom stereocenters. The van der Waals surface area contributed by atoms with Crippen LogP contribution in [-0.4, -0.2) is 39.4 Å². The predicted molar refractivity (Wildman–Crippen MR) is 72.3 cm³/mol. The van der Waals surface area contributed by atoms with Gasteiger partial charge in [-0.1, -0.05) is 11.6 Å². The number of pyridine rings is 1. The summed E-state index contributed by atoms with van der Waals surface area (Å²) in [7, 11) is 1.82. The smallest absolute Gasteiger partial charge is 0.165 e. The number of fused-ring (bicyclic) bond motifs is 1. The minimum Gasteiger partial charge on any atom is -0.394 e. The van der Waals surface area contributed by atoms with Crippen LogP contribution in [0.5, 0.6) is 0 Å². The molecule has 1 saturated heterocycles. The molecule has 0 bridgehead atoms. The van der Waals surface area contributed by atoms with Crippen LogP contribution < -0.4 is 5.32 Å². The first kappa shape index (κ1) is 12.7. The molecule has 2 aromatic heterocycles. The number of aromatic nitrogens is 3. The second-order valence-electron chi connectivity index (χ2n) is 4.54. The number of rotatable bonds is 3. The summed E-state index contributed by atoms with van der Waals surface area (Å²) in [5, 5.41) is 12.6. The molecule has 7 heteroatoms. The third-order valence-corrected chi connectivity index (χ3v) is 3.56. The lowest BCUT2D eigenvalue weighted by molar-refractivity contribution is -0.0207. The maximum absolute atomic E-state index is 9.12. The van der Waals surface area contributed by atoms with Gasteiger partial charge in [0.1, 0.15) is 16.9 Å². The molecule has 0 radical (unpaired) electrons. The zero-order valence-electron chi connectivity index (χ0n) is 10.5. The van der Waals surface area contributed by atoms with Crippen molar-refractivity contribution in [2.24, 2.45) is 0 Å². The summed E-state index contributed by atoms with van der Waals surface area (Å²) >= 11 is 6.02. The number of imidazole rings is 1. The Morgan fingerprint density at radius 3 is 3.11 bits per heavy atom. The van der Waals surface area contributed by atoms with E-state index in [9.17, 15) is 0 Å². The van der Waals surface area contributed by atoms with Gasteiger partial charge in [0, 0.05) is 13.1 Å². The highest BCUT2D eigenvalue weighted by Gasteiger charge is 2.27. The van der Waals surface area contributed by atoms with E-state index in [-0.39, 0.29) is 18.9 Å². The number of hydrogen-bond donors (Lipinski definition) is 2. The second kappa shape index (κ2) is 4.96. The van der Waals surface area contributed by atoms with Crippen molar-refractivity contribution in [1.29, 1.82) is 0 Å². The summed E-state index contributed by atoms with van der Waals surface area (Å²) in [4.78, 5) is 8.69. The van der Waals surface area contributed by atoms with Crippen LogP contribution in [0.25, 0.3) is 11.2 Å². The average molecular weight is 283 g/mol. The molecule has 0 aliphatic carbocycles. The predicted octanol–water partition coefficient (Wildman–Crippen LogP) is 1.80.